The van der Waals surface area contributed by atoms with Gasteiger partial charge in [-0.3, -0.25) is 4.98 Å². The van der Waals surface area contributed by atoms with Crippen molar-refractivity contribution in [2.75, 3.05) is 11.1 Å². The van der Waals surface area contributed by atoms with Gasteiger partial charge in [0.25, 0.3) is 0 Å². The summed E-state index contributed by atoms with van der Waals surface area (Å²) in [6, 6.07) is 6.11. The molecule has 0 fully saturated rings. The van der Waals surface area contributed by atoms with Crippen molar-refractivity contribution in [1.82, 2.24) is 4.98 Å². The van der Waals surface area contributed by atoms with Gasteiger partial charge in [0, 0.05) is 28.7 Å². The number of hydrogen-bond donors (Lipinski definition) is 2. The second kappa shape index (κ2) is 5.47. The van der Waals surface area contributed by atoms with Crippen LogP contribution >= 0.6 is 0 Å². The summed E-state index contributed by atoms with van der Waals surface area (Å²) in [6.07, 6.45) is 6.91. The fourth-order valence-electron chi connectivity index (χ4n) is 2.60. The Morgan fingerprint density at radius 1 is 1.11 bits per heavy atom. The van der Waals surface area contributed by atoms with Gasteiger partial charge in [-0.15, -0.1) is 0 Å². The van der Waals surface area contributed by atoms with Crippen LogP contribution in [0, 0.1) is 0 Å². The number of pyridine rings is 1. The molecule has 2 aromatic rings. The van der Waals surface area contributed by atoms with Crippen LogP contribution in [0.1, 0.15) is 40.0 Å². The number of nitrogens with zero attached hydrogens (tertiary/aromatic N) is 1. The SMILES string of the molecule is CCC(CC)(CC)Nc1ccc2cnccc2c1N. The molecule has 0 spiro atoms. The zero-order valence-electron chi connectivity index (χ0n) is 12.0. The molecule has 0 aliphatic carbocycles. The van der Waals surface area contributed by atoms with Crippen molar-refractivity contribution in [3.05, 3.63) is 30.6 Å². The van der Waals surface area contributed by atoms with E-state index in [1.807, 2.05) is 12.3 Å². The maximum atomic E-state index is 6.30. The Labute approximate surface area is 115 Å². The standard InChI is InChI=1S/C16H23N3/c1-4-16(5-2,6-3)19-14-8-7-12-11-18-10-9-13(12)15(14)17/h7-11,19H,4-6,17H2,1-3H3. The first-order valence-electron chi connectivity index (χ1n) is 7.06. The van der Waals surface area contributed by atoms with E-state index in [1.54, 1.807) is 6.20 Å². The van der Waals surface area contributed by atoms with E-state index < -0.39 is 0 Å². The Kier molecular flexibility index (Phi) is 3.93. The molecule has 2 rings (SSSR count). The first-order chi connectivity index (χ1) is 9.15. The van der Waals surface area contributed by atoms with Crippen molar-refractivity contribution in [3.8, 4) is 0 Å². The van der Waals surface area contributed by atoms with Crippen molar-refractivity contribution in [2.45, 2.75) is 45.6 Å². The van der Waals surface area contributed by atoms with E-state index in [4.69, 9.17) is 5.73 Å². The molecule has 19 heavy (non-hydrogen) atoms. The summed E-state index contributed by atoms with van der Waals surface area (Å²) in [7, 11) is 0. The highest BCUT2D eigenvalue weighted by atomic mass is 15.0. The highest BCUT2D eigenvalue weighted by Gasteiger charge is 2.24. The van der Waals surface area contributed by atoms with Gasteiger partial charge in [-0.05, 0) is 31.4 Å². The smallest absolute Gasteiger partial charge is 0.0630 e. The Morgan fingerprint density at radius 3 is 2.42 bits per heavy atom. The van der Waals surface area contributed by atoms with Gasteiger partial charge < -0.3 is 11.1 Å². The third-order valence-corrected chi connectivity index (χ3v) is 4.29. The summed E-state index contributed by atoms with van der Waals surface area (Å²) in [4.78, 5) is 4.13. The molecule has 3 nitrogen and oxygen atoms in total. The molecule has 0 bridgehead atoms. The molecule has 1 heterocycles. The molecular formula is C16H23N3. The third-order valence-electron chi connectivity index (χ3n) is 4.29. The van der Waals surface area contributed by atoms with Crippen LogP contribution in [0.3, 0.4) is 0 Å². The topological polar surface area (TPSA) is 50.9 Å². The Bertz CT molecular complexity index is 551. The lowest BCUT2D eigenvalue weighted by molar-refractivity contribution is 0.420. The van der Waals surface area contributed by atoms with Gasteiger partial charge in [0.15, 0.2) is 0 Å². The van der Waals surface area contributed by atoms with Crippen LogP contribution in [-0.2, 0) is 0 Å². The van der Waals surface area contributed by atoms with Crippen molar-refractivity contribution < 1.29 is 0 Å². The molecule has 1 aromatic carbocycles. The number of benzene rings is 1. The van der Waals surface area contributed by atoms with Crippen molar-refractivity contribution in [3.63, 3.8) is 0 Å². The van der Waals surface area contributed by atoms with Gasteiger partial charge in [-0.2, -0.15) is 0 Å². The first-order valence-corrected chi connectivity index (χ1v) is 7.06. The molecule has 102 valence electrons. The van der Waals surface area contributed by atoms with E-state index in [2.05, 4.69) is 43.2 Å². The Hall–Kier alpha value is -1.77. The van der Waals surface area contributed by atoms with Crippen LogP contribution in [0.5, 0.6) is 0 Å². The van der Waals surface area contributed by atoms with E-state index in [-0.39, 0.29) is 5.54 Å². The highest BCUT2D eigenvalue weighted by molar-refractivity contribution is 5.98. The van der Waals surface area contributed by atoms with Crippen LogP contribution in [0.4, 0.5) is 11.4 Å². The summed E-state index contributed by atoms with van der Waals surface area (Å²) in [5.74, 6) is 0. The number of nitrogens with one attached hydrogen (secondary N) is 1. The molecule has 0 aliphatic heterocycles. The molecule has 3 N–H and O–H groups in total. The maximum Gasteiger partial charge on any atom is 0.0630 e. The summed E-state index contributed by atoms with van der Waals surface area (Å²) in [5, 5.41) is 5.81. The summed E-state index contributed by atoms with van der Waals surface area (Å²) in [5.41, 5.74) is 8.28. The summed E-state index contributed by atoms with van der Waals surface area (Å²) >= 11 is 0. The van der Waals surface area contributed by atoms with Crippen LogP contribution in [0.2, 0.25) is 0 Å². The fourth-order valence-corrected chi connectivity index (χ4v) is 2.60. The minimum absolute atomic E-state index is 0.134. The van der Waals surface area contributed by atoms with E-state index >= 15 is 0 Å². The van der Waals surface area contributed by atoms with Gasteiger partial charge in [0.05, 0.1) is 11.4 Å². The van der Waals surface area contributed by atoms with E-state index in [1.165, 1.54) is 0 Å². The minimum Gasteiger partial charge on any atom is -0.397 e. The predicted molar refractivity (Wildman–Crippen MR) is 83.4 cm³/mol. The molecule has 1 aromatic heterocycles. The second-order valence-electron chi connectivity index (χ2n) is 5.09. The van der Waals surface area contributed by atoms with E-state index in [0.29, 0.717) is 0 Å². The van der Waals surface area contributed by atoms with Crippen molar-refractivity contribution in [2.24, 2.45) is 0 Å². The van der Waals surface area contributed by atoms with Crippen molar-refractivity contribution in [1.29, 1.82) is 0 Å². The maximum absolute atomic E-state index is 6.30. The highest BCUT2D eigenvalue weighted by Crippen LogP contribution is 2.33. The zero-order valence-corrected chi connectivity index (χ0v) is 12.0. The number of nitrogen functional groups attached to an aromatic ring is 1. The van der Waals surface area contributed by atoms with Gasteiger partial charge in [-0.1, -0.05) is 26.8 Å². The van der Waals surface area contributed by atoms with Gasteiger partial charge in [0.2, 0.25) is 0 Å². The predicted octanol–water partition coefficient (Wildman–Crippen LogP) is 4.20. The second-order valence-corrected chi connectivity index (χ2v) is 5.09. The number of fused-ring (bicyclic) bond motifs is 1. The lowest BCUT2D eigenvalue weighted by atomic mass is 9.89. The molecule has 0 amide bonds. The molecule has 0 aliphatic rings. The van der Waals surface area contributed by atoms with Crippen molar-refractivity contribution >= 4 is 22.1 Å². The monoisotopic (exact) mass is 257 g/mol. The summed E-state index contributed by atoms with van der Waals surface area (Å²) < 4.78 is 0. The number of nitrogens with two attached hydrogens (primary N) is 1. The number of aromatic nitrogens is 1. The van der Waals surface area contributed by atoms with E-state index in [0.717, 1.165) is 41.4 Å². The van der Waals surface area contributed by atoms with Gasteiger partial charge in [0.1, 0.15) is 0 Å². The Morgan fingerprint density at radius 2 is 1.79 bits per heavy atom. The quantitative estimate of drug-likeness (QED) is 0.789. The average molecular weight is 257 g/mol. The van der Waals surface area contributed by atoms with Gasteiger partial charge >= 0.3 is 0 Å². The number of hydrogen-bond acceptors (Lipinski definition) is 3. The number of anilines is 2. The zero-order chi connectivity index (χ0) is 13.9. The fraction of sp³-hybridized carbons (Fsp3) is 0.438. The average Bonchev–Trinajstić information content (AvgIpc) is 2.48. The van der Waals surface area contributed by atoms with E-state index in [9.17, 15) is 0 Å². The normalized spacial score (nSPS) is 11.7. The van der Waals surface area contributed by atoms with Crippen LogP contribution in [-0.4, -0.2) is 10.5 Å². The molecule has 0 unspecified atom stereocenters. The summed E-state index contributed by atoms with van der Waals surface area (Å²) in [6.45, 7) is 6.67. The van der Waals surface area contributed by atoms with Crippen LogP contribution < -0.4 is 11.1 Å². The lowest BCUT2D eigenvalue weighted by Gasteiger charge is -2.33. The first kappa shape index (κ1) is 13.7. The third kappa shape index (κ3) is 2.50. The molecule has 0 saturated carbocycles. The van der Waals surface area contributed by atoms with Crippen LogP contribution in [0.25, 0.3) is 10.8 Å². The molecular weight excluding hydrogens is 234 g/mol. The molecule has 0 radical (unpaired) electrons. The number of rotatable bonds is 5. The minimum atomic E-state index is 0.134. The van der Waals surface area contributed by atoms with Gasteiger partial charge in [-0.25, -0.2) is 0 Å². The molecule has 3 heteroatoms. The molecule has 0 saturated heterocycles. The molecule has 0 atom stereocenters. The Balaban J connectivity index is 2.43. The van der Waals surface area contributed by atoms with Crippen LogP contribution in [0.15, 0.2) is 30.6 Å². The lowest BCUT2D eigenvalue weighted by Crippen LogP contribution is -2.36. The largest absolute Gasteiger partial charge is 0.397 e.